The number of aromatic nitrogens is 3. The second-order valence-corrected chi connectivity index (χ2v) is 5.91. The number of nitrogens with zero attached hydrogens (tertiary/aromatic N) is 5. The summed E-state index contributed by atoms with van der Waals surface area (Å²) in [6, 6.07) is 0. The number of hydrogen-bond acceptors (Lipinski definition) is 6. The minimum Gasteiger partial charge on any atom is -0.389 e. The fourth-order valence-corrected chi connectivity index (χ4v) is 2.36. The summed E-state index contributed by atoms with van der Waals surface area (Å²) in [5, 5.41) is 10.0. The fraction of sp³-hybridized carbons (Fsp3) is 0.750. The number of rotatable bonds is 4. The van der Waals surface area contributed by atoms with E-state index in [2.05, 4.69) is 19.9 Å². The molecule has 0 spiro atoms. The zero-order valence-electron chi connectivity index (χ0n) is 11.6. The van der Waals surface area contributed by atoms with Gasteiger partial charge in [-0.3, -0.25) is 0 Å². The summed E-state index contributed by atoms with van der Waals surface area (Å²) < 4.78 is 0. The van der Waals surface area contributed by atoms with Gasteiger partial charge in [0.05, 0.1) is 5.60 Å². The molecule has 6 nitrogen and oxygen atoms in total. The van der Waals surface area contributed by atoms with E-state index in [-0.39, 0.29) is 5.28 Å². The maximum absolute atomic E-state index is 9.84. The van der Waals surface area contributed by atoms with Crippen LogP contribution in [-0.4, -0.2) is 52.3 Å². The molecule has 0 bridgehead atoms. The fourth-order valence-electron chi connectivity index (χ4n) is 2.21. The number of likely N-dealkylation sites (N-methyl/N-ethyl adjacent to an activating group) is 1. The summed E-state index contributed by atoms with van der Waals surface area (Å²) in [5.74, 6) is 1.11. The van der Waals surface area contributed by atoms with Crippen LogP contribution in [0.1, 0.15) is 26.7 Å². The average Bonchev–Trinajstić information content (AvgIpc) is 2.79. The van der Waals surface area contributed by atoms with Crippen molar-refractivity contribution >= 4 is 23.5 Å². The topological polar surface area (TPSA) is 65.4 Å². The Kier molecular flexibility index (Phi) is 4.10. The van der Waals surface area contributed by atoms with Crippen LogP contribution >= 0.6 is 11.6 Å². The van der Waals surface area contributed by atoms with Gasteiger partial charge >= 0.3 is 0 Å². The van der Waals surface area contributed by atoms with Crippen molar-refractivity contribution in [2.75, 3.05) is 36.5 Å². The lowest BCUT2D eigenvalue weighted by Crippen LogP contribution is -2.37. The lowest BCUT2D eigenvalue weighted by atomic mass is 10.1. The van der Waals surface area contributed by atoms with Gasteiger partial charge in [-0.15, -0.1) is 0 Å². The maximum atomic E-state index is 9.84. The summed E-state index contributed by atoms with van der Waals surface area (Å²) in [6.07, 6.45) is 2.30. The number of anilines is 2. The third-order valence-corrected chi connectivity index (χ3v) is 3.11. The number of hydrogen-bond donors (Lipinski definition) is 1. The molecule has 0 amide bonds. The molecular weight excluding hydrogens is 266 g/mol. The monoisotopic (exact) mass is 285 g/mol. The molecule has 0 atom stereocenters. The van der Waals surface area contributed by atoms with Crippen molar-refractivity contribution in [3.63, 3.8) is 0 Å². The van der Waals surface area contributed by atoms with Gasteiger partial charge in [-0.25, -0.2) is 0 Å². The highest BCUT2D eigenvalue weighted by molar-refractivity contribution is 6.28. The van der Waals surface area contributed by atoms with Crippen LogP contribution in [0.2, 0.25) is 5.28 Å². The molecular formula is C12H20ClN5O. The van der Waals surface area contributed by atoms with Crippen LogP contribution in [0.5, 0.6) is 0 Å². The van der Waals surface area contributed by atoms with Crippen molar-refractivity contribution in [1.82, 2.24) is 15.0 Å². The van der Waals surface area contributed by atoms with Gasteiger partial charge in [0, 0.05) is 26.7 Å². The summed E-state index contributed by atoms with van der Waals surface area (Å²) in [4.78, 5) is 16.6. The van der Waals surface area contributed by atoms with Crippen molar-refractivity contribution in [2.45, 2.75) is 32.3 Å². The molecule has 1 aromatic rings. The quantitative estimate of drug-likeness (QED) is 0.900. The van der Waals surface area contributed by atoms with Crippen LogP contribution < -0.4 is 9.80 Å². The van der Waals surface area contributed by atoms with Crippen LogP contribution in [0.25, 0.3) is 0 Å². The van der Waals surface area contributed by atoms with Gasteiger partial charge in [-0.2, -0.15) is 15.0 Å². The molecule has 2 rings (SSSR count). The number of aliphatic hydroxyl groups is 1. The first-order chi connectivity index (χ1) is 8.85. The Morgan fingerprint density at radius 3 is 2.47 bits per heavy atom. The Morgan fingerprint density at radius 1 is 1.26 bits per heavy atom. The summed E-state index contributed by atoms with van der Waals surface area (Å²) in [5.41, 5.74) is -0.818. The van der Waals surface area contributed by atoms with Gasteiger partial charge in [0.15, 0.2) is 0 Å². The van der Waals surface area contributed by atoms with E-state index in [0.717, 1.165) is 25.9 Å². The molecule has 0 saturated carbocycles. The Morgan fingerprint density at radius 2 is 1.89 bits per heavy atom. The highest BCUT2D eigenvalue weighted by Gasteiger charge is 2.21. The Hall–Kier alpha value is -1.14. The molecule has 106 valence electrons. The first kappa shape index (κ1) is 14.3. The molecule has 1 aliphatic heterocycles. The van der Waals surface area contributed by atoms with Crippen LogP contribution in [0.3, 0.4) is 0 Å². The molecule has 19 heavy (non-hydrogen) atoms. The molecule has 0 unspecified atom stereocenters. The molecule has 0 radical (unpaired) electrons. The minimum atomic E-state index is -0.818. The smallest absolute Gasteiger partial charge is 0.231 e. The van der Waals surface area contributed by atoms with Crippen LogP contribution in [0.4, 0.5) is 11.9 Å². The first-order valence-corrected chi connectivity index (χ1v) is 6.83. The summed E-state index contributed by atoms with van der Waals surface area (Å²) >= 11 is 5.97. The van der Waals surface area contributed by atoms with Gasteiger partial charge < -0.3 is 14.9 Å². The third kappa shape index (κ3) is 3.91. The van der Waals surface area contributed by atoms with E-state index in [1.807, 2.05) is 7.05 Å². The van der Waals surface area contributed by atoms with Crippen LogP contribution in [0.15, 0.2) is 0 Å². The second kappa shape index (κ2) is 5.46. The minimum absolute atomic E-state index is 0.189. The highest BCUT2D eigenvalue weighted by atomic mass is 35.5. The molecule has 7 heteroatoms. The highest BCUT2D eigenvalue weighted by Crippen LogP contribution is 2.20. The molecule has 1 aromatic heterocycles. The van der Waals surface area contributed by atoms with E-state index >= 15 is 0 Å². The van der Waals surface area contributed by atoms with Gasteiger partial charge in [-0.05, 0) is 38.3 Å². The third-order valence-electron chi connectivity index (χ3n) is 2.94. The molecule has 1 N–H and O–H groups in total. The van der Waals surface area contributed by atoms with Crippen molar-refractivity contribution in [3.05, 3.63) is 5.28 Å². The zero-order valence-corrected chi connectivity index (χ0v) is 12.4. The Balaban J connectivity index is 2.20. The largest absolute Gasteiger partial charge is 0.389 e. The van der Waals surface area contributed by atoms with E-state index in [4.69, 9.17) is 11.6 Å². The predicted molar refractivity (Wildman–Crippen MR) is 75.9 cm³/mol. The van der Waals surface area contributed by atoms with Crippen LogP contribution in [0, 0.1) is 0 Å². The molecule has 0 aliphatic carbocycles. The summed E-state index contributed by atoms with van der Waals surface area (Å²) in [7, 11) is 1.83. The van der Waals surface area contributed by atoms with Gasteiger partial charge in [0.2, 0.25) is 17.2 Å². The lowest BCUT2D eigenvalue weighted by molar-refractivity contribution is 0.0883. The van der Waals surface area contributed by atoms with Crippen molar-refractivity contribution < 1.29 is 5.11 Å². The maximum Gasteiger partial charge on any atom is 0.231 e. The molecule has 2 heterocycles. The average molecular weight is 286 g/mol. The van der Waals surface area contributed by atoms with E-state index in [1.54, 1.807) is 18.7 Å². The van der Waals surface area contributed by atoms with Gasteiger partial charge in [-0.1, -0.05) is 0 Å². The molecule has 1 aliphatic rings. The zero-order chi connectivity index (χ0) is 14.0. The van der Waals surface area contributed by atoms with Gasteiger partial charge in [0.25, 0.3) is 0 Å². The van der Waals surface area contributed by atoms with Crippen molar-refractivity contribution in [1.29, 1.82) is 0 Å². The van der Waals surface area contributed by atoms with E-state index < -0.39 is 5.60 Å². The molecule has 1 saturated heterocycles. The van der Waals surface area contributed by atoms with Gasteiger partial charge in [0.1, 0.15) is 0 Å². The second-order valence-electron chi connectivity index (χ2n) is 5.57. The van der Waals surface area contributed by atoms with E-state index in [0.29, 0.717) is 18.4 Å². The number of halogens is 1. The van der Waals surface area contributed by atoms with E-state index in [9.17, 15) is 5.11 Å². The van der Waals surface area contributed by atoms with E-state index in [1.165, 1.54) is 0 Å². The predicted octanol–water partition coefficient (Wildman–Crippen LogP) is 1.33. The Bertz CT molecular complexity index is 442. The summed E-state index contributed by atoms with van der Waals surface area (Å²) in [6.45, 7) is 5.82. The first-order valence-electron chi connectivity index (χ1n) is 6.45. The van der Waals surface area contributed by atoms with Crippen LogP contribution in [-0.2, 0) is 0 Å². The SMILES string of the molecule is CN(CC(C)(C)O)c1nc(Cl)nc(N2CCCC2)n1. The molecule has 0 aromatic carbocycles. The Labute approximate surface area is 118 Å². The lowest BCUT2D eigenvalue weighted by Gasteiger charge is -2.26. The normalized spacial score (nSPS) is 15.9. The molecule has 1 fully saturated rings. The van der Waals surface area contributed by atoms with Crippen molar-refractivity contribution in [3.8, 4) is 0 Å². The standard InChI is InChI=1S/C12H20ClN5O/c1-12(2,19)8-17(3)10-14-9(13)15-11(16-10)18-6-4-5-7-18/h19H,4-8H2,1-3H3. The van der Waals surface area contributed by atoms with Crippen molar-refractivity contribution in [2.24, 2.45) is 0 Å².